The van der Waals surface area contributed by atoms with E-state index in [1.165, 1.54) is 16.8 Å². The van der Waals surface area contributed by atoms with Gasteiger partial charge in [0.15, 0.2) is 0 Å². The fourth-order valence-corrected chi connectivity index (χ4v) is 4.58. The van der Waals surface area contributed by atoms with Crippen molar-refractivity contribution in [1.29, 1.82) is 0 Å². The van der Waals surface area contributed by atoms with Crippen LogP contribution in [-0.2, 0) is 24.3 Å². The normalized spacial score (nSPS) is 13.0. The van der Waals surface area contributed by atoms with Gasteiger partial charge in [-0.15, -0.1) is 0 Å². The van der Waals surface area contributed by atoms with Gasteiger partial charge in [0.25, 0.3) is 5.56 Å². The van der Waals surface area contributed by atoms with Gasteiger partial charge in [-0.3, -0.25) is 9.59 Å². The Bertz CT molecular complexity index is 1400. The highest BCUT2D eigenvalue weighted by atomic mass is 19.1. The lowest BCUT2D eigenvalue weighted by Gasteiger charge is -2.17. The van der Waals surface area contributed by atoms with E-state index >= 15 is 0 Å². The van der Waals surface area contributed by atoms with Gasteiger partial charge in [-0.25, -0.2) is 9.07 Å². The van der Waals surface area contributed by atoms with Crippen LogP contribution in [0.25, 0.3) is 10.8 Å². The second-order valence-corrected chi connectivity index (χ2v) is 8.20. The van der Waals surface area contributed by atoms with Crippen molar-refractivity contribution in [3.63, 3.8) is 0 Å². The van der Waals surface area contributed by atoms with Crippen LogP contribution in [-0.4, -0.2) is 26.8 Å². The number of amides is 1. The second kappa shape index (κ2) is 7.75. The summed E-state index contributed by atoms with van der Waals surface area (Å²) in [5.74, 6) is -0.429. The third-order valence-corrected chi connectivity index (χ3v) is 6.33. The number of carbonyl (C=O) groups excluding carboxylic acids is 1. The summed E-state index contributed by atoms with van der Waals surface area (Å²) in [6, 6.07) is 14.2. The first kappa shape index (κ1) is 20.2. The molecule has 162 valence electrons. The average Bonchev–Trinajstić information content (AvgIpc) is 3.32. The third kappa shape index (κ3) is 3.30. The SMILES string of the molecule is Cc1c2cnn(CC(=O)N3CCc4ccccc43)c(=O)c2c(C)n1Cc1ccc(F)cc1. The molecule has 0 saturated heterocycles. The van der Waals surface area contributed by atoms with Gasteiger partial charge in [-0.05, 0) is 49.6 Å². The lowest BCUT2D eigenvalue weighted by molar-refractivity contribution is -0.119. The molecular weight excluding hydrogens is 407 g/mol. The van der Waals surface area contributed by atoms with Crippen molar-refractivity contribution in [2.75, 3.05) is 11.4 Å². The molecule has 1 aliphatic heterocycles. The van der Waals surface area contributed by atoms with Gasteiger partial charge >= 0.3 is 0 Å². The summed E-state index contributed by atoms with van der Waals surface area (Å²) in [5, 5.41) is 5.63. The molecule has 0 fully saturated rings. The van der Waals surface area contributed by atoms with Crippen LogP contribution in [0.4, 0.5) is 10.1 Å². The average molecular weight is 430 g/mol. The summed E-state index contributed by atoms with van der Waals surface area (Å²) in [6.45, 7) is 4.86. The van der Waals surface area contributed by atoms with Crippen molar-refractivity contribution in [2.24, 2.45) is 0 Å². The molecule has 0 radical (unpaired) electrons. The Hall–Kier alpha value is -3.74. The van der Waals surface area contributed by atoms with Gasteiger partial charge in [-0.2, -0.15) is 5.10 Å². The lowest BCUT2D eigenvalue weighted by Crippen LogP contribution is -2.36. The molecule has 4 aromatic rings. The van der Waals surface area contributed by atoms with Crippen LogP contribution < -0.4 is 10.5 Å². The van der Waals surface area contributed by atoms with Gasteiger partial charge < -0.3 is 9.47 Å². The maximum absolute atomic E-state index is 13.3. The summed E-state index contributed by atoms with van der Waals surface area (Å²) in [6.07, 6.45) is 2.47. The van der Waals surface area contributed by atoms with Crippen LogP contribution in [0.2, 0.25) is 0 Å². The molecular formula is C25H23FN4O2. The minimum absolute atomic E-state index is 0.106. The van der Waals surface area contributed by atoms with Crippen molar-refractivity contribution in [3.8, 4) is 0 Å². The predicted octanol–water partition coefficient (Wildman–Crippen LogP) is 3.59. The van der Waals surface area contributed by atoms with E-state index in [-0.39, 0.29) is 23.8 Å². The zero-order chi connectivity index (χ0) is 22.4. The predicted molar refractivity (Wildman–Crippen MR) is 121 cm³/mol. The Morgan fingerprint density at radius 1 is 1.06 bits per heavy atom. The molecule has 1 aliphatic rings. The number of para-hydroxylation sites is 1. The summed E-state index contributed by atoms with van der Waals surface area (Å²) in [4.78, 5) is 28.0. The molecule has 0 atom stereocenters. The Morgan fingerprint density at radius 2 is 1.81 bits per heavy atom. The zero-order valence-electron chi connectivity index (χ0n) is 18.0. The molecule has 0 spiro atoms. The first-order valence-electron chi connectivity index (χ1n) is 10.6. The number of anilines is 1. The molecule has 0 aliphatic carbocycles. The van der Waals surface area contributed by atoms with Crippen molar-refractivity contribution < 1.29 is 9.18 Å². The largest absolute Gasteiger partial charge is 0.343 e. The maximum Gasteiger partial charge on any atom is 0.276 e. The number of nitrogens with zero attached hydrogens (tertiary/aromatic N) is 4. The topological polar surface area (TPSA) is 60.1 Å². The standard InChI is InChI=1S/C25H23FN4O2/c1-16-21-13-27-30(15-23(31)28-12-11-19-5-3-4-6-22(19)28)25(32)24(21)17(2)29(16)14-18-7-9-20(26)10-8-18/h3-10,13H,11-12,14-15H2,1-2H3. The molecule has 0 saturated carbocycles. The lowest BCUT2D eigenvalue weighted by atomic mass is 10.2. The molecule has 0 N–H and O–H groups in total. The molecule has 0 unspecified atom stereocenters. The molecule has 5 rings (SSSR count). The van der Waals surface area contributed by atoms with E-state index in [4.69, 9.17) is 0 Å². The highest BCUT2D eigenvalue weighted by Crippen LogP contribution is 2.28. The van der Waals surface area contributed by atoms with Gasteiger partial charge in [0, 0.05) is 35.6 Å². The smallest absolute Gasteiger partial charge is 0.276 e. The Kier molecular flexibility index (Phi) is 4.89. The number of benzene rings is 2. The van der Waals surface area contributed by atoms with Gasteiger partial charge in [0.2, 0.25) is 5.91 Å². The fraction of sp³-hybridized carbons (Fsp3) is 0.240. The second-order valence-electron chi connectivity index (χ2n) is 8.20. The molecule has 2 aromatic heterocycles. The van der Waals surface area contributed by atoms with Gasteiger partial charge in [0.05, 0.1) is 11.6 Å². The molecule has 3 heterocycles. The molecule has 7 heteroatoms. The van der Waals surface area contributed by atoms with E-state index in [0.29, 0.717) is 18.5 Å². The number of fused-ring (bicyclic) bond motifs is 2. The van der Waals surface area contributed by atoms with Crippen LogP contribution in [0.15, 0.2) is 59.5 Å². The summed E-state index contributed by atoms with van der Waals surface area (Å²) >= 11 is 0. The summed E-state index contributed by atoms with van der Waals surface area (Å²) in [5.41, 5.74) is 4.43. The van der Waals surface area contributed by atoms with Crippen LogP contribution in [0.3, 0.4) is 0 Å². The number of hydrogen-bond donors (Lipinski definition) is 0. The molecule has 6 nitrogen and oxygen atoms in total. The van der Waals surface area contributed by atoms with Crippen molar-refractivity contribution in [2.45, 2.75) is 33.4 Å². The van der Waals surface area contributed by atoms with E-state index in [0.717, 1.165) is 40.0 Å². The number of halogens is 1. The Morgan fingerprint density at radius 3 is 2.59 bits per heavy atom. The van der Waals surface area contributed by atoms with E-state index in [2.05, 4.69) is 5.10 Å². The molecule has 0 bridgehead atoms. The molecule has 32 heavy (non-hydrogen) atoms. The number of carbonyl (C=O) groups is 1. The molecule has 2 aromatic carbocycles. The first-order valence-corrected chi connectivity index (χ1v) is 10.6. The van der Waals surface area contributed by atoms with E-state index in [1.807, 2.05) is 42.7 Å². The quantitative estimate of drug-likeness (QED) is 0.497. The van der Waals surface area contributed by atoms with Crippen molar-refractivity contribution >= 4 is 22.4 Å². The van der Waals surface area contributed by atoms with Gasteiger partial charge in [0.1, 0.15) is 12.4 Å². The molecule has 1 amide bonds. The van der Waals surface area contributed by atoms with E-state index < -0.39 is 0 Å². The fourth-order valence-electron chi connectivity index (χ4n) is 4.58. The monoisotopic (exact) mass is 430 g/mol. The number of aromatic nitrogens is 3. The number of rotatable bonds is 4. The van der Waals surface area contributed by atoms with Crippen molar-refractivity contribution in [1.82, 2.24) is 14.3 Å². The Balaban J connectivity index is 1.47. The van der Waals surface area contributed by atoms with E-state index in [9.17, 15) is 14.0 Å². The van der Waals surface area contributed by atoms with E-state index in [1.54, 1.807) is 23.2 Å². The van der Waals surface area contributed by atoms with Crippen LogP contribution >= 0.6 is 0 Å². The van der Waals surface area contributed by atoms with Crippen LogP contribution in [0.5, 0.6) is 0 Å². The van der Waals surface area contributed by atoms with Crippen LogP contribution in [0, 0.1) is 19.7 Å². The summed E-state index contributed by atoms with van der Waals surface area (Å²) in [7, 11) is 0. The highest BCUT2D eigenvalue weighted by Gasteiger charge is 2.25. The zero-order valence-corrected chi connectivity index (χ0v) is 18.0. The highest BCUT2D eigenvalue weighted by molar-refractivity contribution is 5.95. The van der Waals surface area contributed by atoms with Crippen molar-refractivity contribution in [3.05, 3.63) is 93.4 Å². The Labute approximate surface area is 184 Å². The van der Waals surface area contributed by atoms with Gasteiger partial charge in [-0.1, -0.05) is 30.3 Å². The maximum atomic E-state index is 13.3. The first-order chi connectivity index (χ1) is 15.4. The number of hydrogen-bond acceptors (Lipinski definition) is 3. The minimum atomic E-state index is -0.280. The number of aryl methyl sites for hydroxylation is 2. The van der Waals surface area contributed by atoms with Crippen LogP contribution in [0.1, 0.15) is 22.5 Å². The minimum Gasteiger partial charge on any atom is -0.343 e. The summed E-state index contributed by atoms with van der Waals surface area (Å²) < 4.78 is 16.5. The third-order valence-electron chi connectivity index (χ3n) is 6.33.